The standard InChI is InChI=1S/C16H12FN3S/c17-13-3-1-11(2-4-13)14-9-20-10-15(21-16(20)19-14)12-5-7-18-8-6-12/h1-9,15H,10H2. The minimum Gasteiger partial charge on any atom is -0.324 e. The zero-order valence-electron chi connectivity index (χ0n) is 11.1. The molecular weight excluding hydrogens is 285 g/mol. The molecule has 0 N–H and O–H groups in total. The highest BCUT2D eigenvalue weighted by Gasteiger charge is 2.25. The van der Waals surface area contributed by atoms with E-state index in [0.29, 0.717) is 5.25 Å². The molecule has 3 heterocycles. The Morgan fingerprint density at radius 2 is 1.86 bits per heavy atom. The smallest absolute Gasteiger partial charge is 0.169 e. The highest BCUT2D eigenvalue weighted by atomic mass is 32.2. The Kier molecular flexibility index (Phi) is 3.00. The van der Waals surface area contributed by atoms with Crippen molar-refractivity contribution in [3.8, 4) is 11.3 Å². The molecule has 1 aromatic carbocycles. The van der Waals surface area contributed by atoms with Gasteiger partial charge in [-0.3, -0.25) is 4.98 Å². The van der Waals surface area contributed by atoms with Crippen molar-refractivity contribution in [2.24, 2.45) is 0 Å². The molecule has 0 radical (unpaired) electrons. The first-order chi connectivity index (χ1) is 10.3. The fourth-order valence-corrected chi connectivity index (χ4v) is 3.67. The molecule has 0 fully saturated rings. The van der Waals surface area contributed by atoms with E-state index in [2.05, 4.69) is 14.5 Å². The Balaban J connectivity index is 1.59. The van der Waals surface area contributed by atoms with Gasteiger partial charge in [0.2, 0.25) is 0 Å². The Morgan fingerprint density at radius 1 is 1.10 bits per heavy atom. The van der Waals surface area contributed by atoms with Crippen molar-refractivity contribution in [3.63, 3.8) is 0 Å². The predicted molar refractivity (Wildman–Crippen MR) is 80.5 cm³/mol. The van der Waals surface area contributed by atoms with Crippen LogP contribution < -0.4 is 0 Å². The minimum absolute atomic E-state index is 0.224. The van der Waals surface area contributed by atoms with Crippen molar-refractivity contribution in [1.82, 2.24) is 14.5 Å². The van der Waals surface area contributed by atoms with Crippen LogP contribution in [0.3, 0.4) is 0 Å². The number of halogens is 1. The maximum absolute atomic E-state index is 13.0. The van der Waals surface area contributed by atoms with Crippen molar-refractivity contribution < 1.29 is 4.39 Å². The predicted octanol–water partition coefficient (Wildman–Crippen LogP) is 3.93. The van der Waals surface area contributed by atoms with Gasteiger partial charge in [-0.2, -0.15) is 0 Å². The van der Waals surface area contributed by atoms with Gasteiger partial charge < -0.3 is 4.57 Å². The second-order valence-electron chi connectivity index (χ2n) is 4.96. The van der Waals surface area contributed by atoms with Crippen molar-refractivity contribution in [3.05, 3.63) is 66.4 Å². The summed E-state index contributed by atoms with van der Waals surface area (Å²) in [4.78, 5) is 8.71. The number of rotatable bonds is 2. The van der Waals surface area contributed by atoms with Gasteiger partial charge in [0.15, 0.2) is 5.16 Å². The second kappa shape index (κ2) is 5.00. The highest BCUT2D eigenvalue weighted by Crippen LogP contribution is 2.42. The molecule has 1 atom stereocenters. The minimum atomic E-state index is -0.224. The first kappa shape index (κ1) is 12.6. The van der Waals surface area contributed by atoms with Gasteiger partial charge in [-0.25, -0.2) is 9.37 Å². The van der Waals surface area contributed by atoms with Gasteiger partial charge >= 0.3 is 0 Å². The molecule has 0 saturated carbocycles. The number of imidazole rings is 1. The summed E-state index contributed by atoms with van der Waals surface area (Å²) in [5.41, 5.74) is 3.11. The molecule has 0 spiro atoms. The SMILES string of the molecule is Fc1ccc(-c2cn3c(n2)SC(c2ccncc2)C3)cc1. The van der Waals surface area contributed by atoms with Crippen LogP contribution in [0.25, 0.3) is 11.3 Å². The Bertz CT molecular complexity index is 744. The maximum Gasteiger partial charge on any atom is 0.169 e. The van der Waals surface area contributed by atoms with Crippen molar-refractivity contribution in [1.29, 1.82) is 0 Å². The lowest BCUT2D eigenvalue weighted by atomic mass is 10.1. The summed E-state index contributed by atoms with van der Waals surface area (Å²) < 4.78 is 15.1. The van der Waals surface area contributed by atoms with Gasteiger partial charge in [-0.05, 0) is 42.0 Å². The number of benzene rings is 1. The van der Waals surface area contributed by atoms with Gasteiger partial charge in [-0.15, -0.1) is 0 Å². The van der Waals surface area contributed by atoms with Gasteiger partial charge in [0.25, 0.3) is 0 Å². The molecule has 3 nitrogen and oxygen atoms in total. The maximum atomic E-state index is 13.0. The van der Waals surface area contributed by atoms with Crippen LogP contribution in [-0.4, -0.2) is 14.5 Å². The van der Waals surface area contributed by atoms with Crippen LogP contribution in [0.15, 0.2) is 60.1 Å². The molecule has 0 saturated heterocycles. The Morgan fingerprint density at radius 3 is 2.57 bits per heavy atom. The molecular formula is C16H12FN3S. The molecule has 2 aromatic heterocycles. The molecule has 104 valence electrons. The van der Waals surface area contributed by atoms with Gasteiger partial charge in [0.1, 0.15) is 5.82 Å². The first-order valence-electron chi connectivity index (χ1n) is 6.69. The average molecular weight is 297 g/mol. The van der Waals surface area contributed by atoms with Crippen LogP contribution in [0.5, 0.6) is 0 Å². The monoisotopic (exact) mass is 297 g/mol. The molecule has 0 amide bonds. The molecule has 1 aliphatic heterocycles. The van der Waals surface area contributed by atoms with Crippen molar-refractivity contribution in [2.45, 2.75) is 17.0 Å². The summed E-state index contributed by atoms with van der Waals surface area (Å²) in [5, 5.41) is 1.40. The molecule has 5 heteroatoms. The lowest BCUT2D eigenvalue weighted by Gasteiger charge is -2.07. The topological polar surface area (TPSA) is 30.7 Å². The number of hydrogen-bond donors (Lipinski definition) is 0. The Labute approximate surface area is 125 Å². The van der Waals surface area contributed by atoms with Crippen LogP contribution in [0, 0.1) is 5.82 Å². The van der Waals surface area contributed by atoms with E-state index in [0.717, 1.165) is 23.0 Å². The van der Waals surface area contributed by atoms with E-state index < -0.39 is 0 Å². The van der Waals surface area contributed by atoms with E-state index in [-0.39, 0.29) is 5.82 Å². The van der Waals surface area contributed by atoms with Crippen LogP contribution in [-0.2, 0) is 6.54 Å². The van der Waals surface area contributed by atoms with Crippen LogP contribution in [0.4, 0.5) is 4.39 Å². The van der Waals surface area contributed by atoms with Crippen molar-refractivity contribution in [2.75, 3.05) is 0 Å². The van der Waals surface area contributed by atoms with Crippen LogP contribution in [0.1, 0.15) is 10.8 Å². The summed E-state index contributed by atoms with van der Waals surface area (Å²) in [6.07, 6.45) is 5.68. The first-order valence-corrected chi connectivity index (χ1v) is 7.57. The second-order valence-corrected chi connectivity index (χ2v) is 6.12. The fraction of sp³-hybridized carbons (Fsp3) is 0.125. The third-order valence-corrected chi connectivity index (χ3v) is 4.81. The normalized spacial score (nSPS) is 16.9. The number of nitrogens with zero attached hydrogens (tertiary/aromatic N) is 3. The summed E-state index contributed by atoms with van der Waals surface area (Å²) in [6, 6.07) is 10.5. The zero-order valence-corrected chi connectivity index (χ0v) is 11.9. The largest absolute Gasteiger partial charge is 0.324 e. The molecule has 3 aromatic rings. The highest BCUT2D eigenvalue weighted by molar-refractivity contribution is 7.99. The zero-order chi connectivity index (χ0) is 14.2. The number of fused-ring (bicyclic) bond motifs is 1. The van der Waals surface area contributed by atoms with E-state index in [1.165, 1.54) is 17.7 Å². The summed E-state index contributed by atoms with van der Waals surface area (Å²) >= 11 is 1.76. The number of pyridine rings is 1. The van der Waals surface area contributed by atoms with Gasteiger partial charge in [0.05, 0.1) is 10.9 Å². The molecule has 0 aliphatic carbocycles. The summed E-state index contributed by atoms with van der Waals surface area (Å²) in [6.45, 7) is 0.901. The van der Waals surface area contributed by atoms with E-state index in [4.69, 9.17) is 0 Å². The molecule has 1 aliphatic rings. The van der Waals surface area contributed by atoms with Crippen LogP contribution in [0.2, 0.25) is 0 Å². The van der Waals surface area contributed by atoms with Crippen molar-refractivity contribution >= 4 is 11.8 Å². The summed E-state index contributed by atoms with van der Waals surface area (Å²) in [5.74, 6) is -0.224. The number of hydrogen-bond acceptors (Lipinski definition) is 3. The Hall–Kier alpha value is -2.14. The lowest BCUT2D eigenvalue weighted by molar-refractivity contribution is 0.628. The third-order valence-electron chi connectivity index (χ3n) is 3.57. The molecule has 4 rings (SSSR count). The quantitative estimate of drug-likeness (QED) is 0.718. The fourth-order valence-electron chi connectivity index (χ4n) is 2.48. The van der Waals surface area contributed by atoms with Gasteiger partial charge in [0, 0.05) is 30.7 Å². The number of aromatic nitrogens is 3. The van der Waals surface area contributed by atoms with E-state index in [1.807, 2.05) is 30.7 Å². The number of thioether (sulfide) groups is 1. The van der Waals surface area contributed by atoms with E-state index >= 15 is 0 Å². The molecule has 21 heavy (non-hydrogen) atoms. The van der Waals surface area contributed by atoms with Gasteiger partial charge in [-0.1, -0.05) is 11.8 Å². The van der Waals surface area contributed by atoms with E-state index in [9.17, 15) is 4.39 Å². The lowest BCUT2D eigenvalue weighted by Crippen LogP contribution is -1.97. The van der Waals surface area contributed by atoms with E-state index in [1.54, 1.807) is 23.9 Å². The third kappa shape index (κ3) is 2.34. The molecule has 0 bridgehead atoms. The van der Waals surface area contributed by atoms with Crippen LogP contribution >= 0.6 is 11.8 Å². The summed E-state index contributed by atoms with van der Waals surface area (Å²) in [7, 11) is 0. The average Bonchev–Trinajstić information content (AvgIpc) is 3.07. The molecule has 1 unspecified atom stereocenters.